The van der Waals surface area contributed by atoms with Crippen LogP contribution in [0.5, 0.6) is 0 Å². The van der Waals surface area contributed by atoms with Gasteiger partial charge < -0.3 is 14.2 Å². The SMILES string of the molecule is C[C@H]1/C=C\[C@H](C)[C@H](/C=C/I)OC(=O)C[C@H]2CC(=O)C[C@@H](C[C@H]3CCC[C@@H](C1)O3)O2. The number of hydrogen-bond acceptors (Lipinski definition) is 5. The van der Waals surface area contributed by atoms with E-state index in [-0.39, 0.29) is 48.5 Å². The summed E-state index contributed by atoms with van der Waals surface area (Å²) >= 11 is 2.15. The fraction of sp³-hybridized carbons (Fsp3) is 0.739. The van der Waals surface area contributed by atoms with Crippen molar-refractivity contribution in [1.29, 1.82) is 0 Å². The molecule has 3 aliphatic heterocycles. The van der Waals surface area contributed by atoms with Crippen LogP contribution in [-0.2, 0) is 23.8 Å². The molecule has 162 valence electrons. The largest absolute Gasteiger partial charge is 0.457 e. The van der Waals surface area contributed by atoms with Gasteiger partial charge in [0.25, 0.3) is 0 Å². The second kappa shape index (κ2) is 11.0. The summed E-state index contributed by atoms with van der Waals surface area (Å²) in [7, 11) is 0. The van der Waals surface area contributed by atoms with Gasteiger partial charge >= 0.3 is 5.97 Å². The Labute approximate surface area is 187 Å². The summed E-state index contributed by atoms with van der Waals surface area (Å²) in [6.07, 6.45) is 11.6. The van der Waals surface area contributed by atoms with E-state index in [9.17, 15) is 9.59 Å². The Balaban J connectivity index is 1.78. The van der Waals surface area contributed by atoms with Gasteiger partial charge in [0.2, 0.25) is 0 Å². The Bertz CT molecular complexity index is 631. The highest BCUT2D eigenvalue weighted by atomic mass is 127. The number of cyclic esters (lactones) is 1. The Hall–Kier alpha value is -0.730. The first-order valence-electron chi connectivity index (χ1n) is 10.9. The summed E-state index contributed by atoms with van der Waals surface area (Å²) in [5.74, 6) is 0.325. The van der Waals surface area contributed by atoms with Crippen LogP contribution in [0, 0.1) is 11.8 Å². The Morgan fingerprint density at radius 3 is 2.38 bits per heavy atom. The zero-order valence-electron chi connectivity index (χ0n) is 17.4. The molecule has 3 heterocycles. The van der Waals surface area contributed by atoms with Gasteiger partial charge in [0.05, 0.1) is 30.8 Å². The van der Waals surface area contributed by atoms with Crippen molar-refractivity contribution >= 4 is 34.3 Å². The molecule has 0 unspecified atom stereocenters. The summed E-state index contributed by atoms with van der Waals surface area (Å²) in [6, 6.07) is 0. The van der Waals surface area contributed by atoms with E-state index in [1.54, 1.807) is 0 Å². The van der Waals surface area contributed by atoms with Crippen LogP contribution in [0.25, 0.3) is 0 Å². The van der Waals surface area contributed by atoms with E-state index in [0.717, 1.165) is 32.1 Å². The van der Waals surface area contributed by atoms with Crippen molar-refractivity contribution in [3.8, 4) is 0 Å². The lowest BCUT2D eigenvalue weighted by Gasteiger charge is -2.36. The summed E-state index contributed by atoms with van der Waals surface area (Å²) < 4.78 is 20.1. The van der Waals surface area contributed by atoms with E-state index in [0.29, 0.717) is 18.8 Å². The van der Waals surface area contributed by atoms with E-state index >= 15 is 0 Å². The van der Waals surface area contributed by atoms with Crippen LogP contribution in [-0.4, -0.2) is 42.3 Å². The third kappa shape index (κ3) is 7.17. The number of esters is 1. The third-order valence-electron chi connectivity index (χ3n) is 6.08. The average Bonchev–Trinajstić information content (AvgIpc) is 2.65. The molecular formula is C23H33IO5. The molecule has 2 saturated heterocycles. The second-order valence-corrected chi connectivity index (χ2v) is 9.53. The van der Waals surface area contributed by atoms with Crippen molar-refractivity contribution in [3.63, 3.8) is 0 Å². The van der Waals surface area contributed by atoms with Gasteiger partial charge in [0.15, 0.2) is 0 Å². The topological polar surface area (TPSA) is 61.8 Å². The number of fused-ring (bicyclic) bond motifs is 4. The first kappa shape index (κ1) is 22.9. The zero-order chi connectivity index (χ0) is 20.8. The highest BCUT2D eigenvalue weighted by Crippen LogP contribution is 2.31. The van der Waals surface area contributed by atoms with E-state index in [4.69, 9.17) is 14.2 Å². The van der Waals surface area contributed by atoms with E-state index in [1.165, 1.54) is 0 Å². The minimum atomic E-state index is -0.392. The Morgan fingerprint density at radius 1 is 0.931 bits per heavy atom. The van der Waals surface area contributed by atoms with Gasteiger partial charge in [-0.05, 0) is 41.8 Å². The second-order valence-electron chi connectivity index (χ2n) is 8.81. The Morgan fingerprint density at radius 2 is 1.62 bits per heavy atom. The minimum Gasteiger partial charge on any atom is -0.457 e. The smallest absolute Gasteiger partial charge is 0.309 e. The molecule has 0 amide bonds. The molecule has 0 aromatic heterocycles. The van der Waals surface area contributed by atoms with Crippen molar-refractivity contribution in [2.24, 2.45) is 11.8 Å². The van der Waals surface area contributed by atoms with Crippen LogP contribution < -0.4 is 0 Å². The fourth-order valence-corrected chi connectivity index (χ4v) is 5.00. The lowest BCUT2D eigenvalue weighted by molar-refractivity contribution is -0.158. The monoisotopic (exact) mass is 516 g/mol. The van der Waals surface area contributed by atoms with Crippen LogP contribution in [0.4, 0.5) is 0 Å². The lowest BCUT2D eigenvalue weighted by Crippen LogP contribution is -2.39. The zero-order valence-corrected chi connectivity index (χ0v) is 19.6. The molecule has 2 fully saturated rings. The molecule has 29 heavy (non-hydrogen) atoms. The average molecular weight is 516 g/mol. The first-order valence-corrected chi connectivity index (χ1v) is 12.1. The molecule has 4 bridgehead atoms. The predicted molar refractivity (Wildman–Crippen MR) is 120 cm³/mol. The third-order valence-corrected chi connectivity index (χ3v) is 6.49. The maximum Gasteiger partial charge on any atom is 0.309 e. The summed E-state index contributed by atoms with van der Waals surface area (Å²) in [5, 5.41) is 0. The van der Waals surface area contributed by atoms with E-state index in [1.807, 2.05) is 10.2 Å². The number of rotatable bonds is 1. The van der Waals surface area contributed by atoms with Gasteiger partial charge in [-0.1, -0.05) is 48.6 Å². The van der Waals surface area contributed by atoms with Crippen molar-refractivity contribution in [2.45, 2.75) is 95.7 Å². The summed E-state index contributed by atoms with van der Waals surface area (Å²) in [6.45, 7) is 4.27. The molecule has 5 nitrogen and oxygen atoms in total. The number of ketones is 1. The number of ether oxygens (including phenoxy) is 3. The van der Waals surface area contributed by atoms with Gasteiger partial charge in [-0.25, -0.2) is 0 Å². The molecule has 0 N–H and O–H groups in total. The predicted octanol–water partition coefficient (Wildman–Crippen LogP) is 4.91. The lowest BCUT2D eigenvalue weighted by atomic mass is 9.91. The van der Waals surface area contributed by atoms with Crippen LogP contribution in [0.3, 0.4) is 0 Å². The van der Waals surface area contributed by atoms with Crippen molar-refractivity contribution in [2.75, 3.05) is 0 Å². The number of allylic oxidation sites excluding steroid dienone is 1. The Kier molecular flexibility index (Phi) is 8.74. The highest BCUT2D eigenvalue weighted by Gasteiger charge is 2.34. The van der Waals surface area contributed by atoms with Gasteiger partial charge in [0.1, 0.15) is 11.9 Å². The molecule has 0 aliphatic carbocycles. The van der Waals surface area contributed by atoms with Crippen LogP contribution >= 0.6 is 22.6 Å². The van der Waals surface area contributed by atoms with Crippen molar-refractivity contribution in [3.05, 3.63) is 22.3 Å². The number of hydrogen-bond donors (Lipinski definition) is 0. The standard InChI is InChI=1S/C23H33IO5/c1-15-6-7-16(2)22(8-9-24)29-23(26)14-21-12-17(25)11-20(28-21)13-19-5-3-4-18(10-15)27-19/h6-9,15-16,18-22H,3-5,10-14H2,1-2H3/b7-6-,9-8+/t15-,16-,18-,19+,20-,21+,22-/m0/s1. The molecule has 6 heteroatoms. The molecule has 0 aromatic rings. The van der Waals surface area contributed by atoms with Crippen LogP contribution in [0.2, 0.25) is 0 Å². The number of Topliss-reactive ketones (excluding diaryl/α,β-unsaturated/α-hetero) is 1. The minimum absolute atomic E-state index is 0.0713. The van der Waals surface area contributed by atoms with Gasteiger partial charge in [0, 0.05) is 25.2 Å². The van der Waals surface area contributed by atoms with Crippen molar-refractivity contribution < 1.29 is 23.8 Å². The quantitative estimate of drug-likeness (QED) is 0.282. The number of halogens is 1. The maximum atomic E-state index is 12.6. The normalized spacial score (nSPS) is 41.1. The molecule has 3 aliphatic rings. The molecule has 0 aromatic carbocycles. The summed E-state index contributed by atoms with van der Waals surface area (Å²) in [4.78, 5) is 24.8. The van der Waals surface area contributed by atoms with Gasteiger partial charge in [-0.2, -0.15) is 0 Å². The fourth-order valence-electron chi connectivity index (χ4n) is 4.59. The molecular weight excluding hydrogens is 483 g/mol. The summed E-state index contributed by atoms with van der Waals surface area (Å²) in [5.41, 5.74) is 0. The molecule has 0 saturated carbocycles. The van der Waals surface area contributed by atoms with Crippen LogP contribution in [0.15, 0.2) is 22.3 Å². The highest BCUT2D eigenvalue weighted by molar-refractivity contribution is 14.1. The van der Waals surface area contributed by atoms with Crippen LogP contribution in [0.1, 0.15) is 65.2 Å². The van der Waals surface area contributed by atoms with E-state index < -0.39 is 6.10 Å². The molecule has 0 radical (unpaired) electrons. The first-order chi connectivity index (χ1) is 13.9. The molecule has 3 rings (SSSR count). The molecule has 0 spiro atoms. The van der Waals surface area contributed by atoms with Gasteiger partial charge in [-0.3, -0.25) is 9.59 Å². The van der Waals surface area contributed by atoms with E-state index in [2.05, 4.69) is 48.6 Å². The molecule has 7 atom stereocenters. The number of carbonyl (C=O) groups excluding carboxylic acids is 2. The maximum absolute atomic E-state index is 12.6. The van der Waals surface area contributed by atoms with Gasteiger partial charge in [-0.15, -0.1) is 0 Å². The number of carbonyl (C=O) groups is 2. The van der Waals surface area contributed by atoms with Crippen molar-refractivity contribution in [1.82, 2.24) is 0 Å².